The van der Waals surface area contributed by atoms with Crippen molar-refractivity contribution in [3.8, 4) is 0 Å². The molecule has 1 aliphatic rings. The molecule has 1 atom stereocenters. The van der Waals surface area contributed by atoms with E-state index in [-0.39, 0.29) is 0 Å². The molecule has 2 nitrogen and oxygen atoms in total. The van der Waals surface area contributed by atoms with Crippen molar-refractivity contribution in [1.82, 2.24) is 0 Å². The van der Waals surface area contributed by atoms with E-state index in [0.717, 1.165) is 19.3 Å². The van der Waals surface area contributed by atoms with E-state index < -0.39 is 18.1 Å². The molecule has 0 N–H and O–H groups in total. The van der Waals surface area contributed by atoms with Gasteiger partial charge in [0.15, 0.2) is 6.04 Å². The Hall–Kier alpha value is -0.610. The van der Waals surface area contributed by atoms with Gasteiger partial charge in [0.25, 0.3) is 0 Å². The van der Waals surface area contributed by atoms with Crippen LogP contribution in [0.15, 0.2) is 5.18 Å². The molecular weight excluding hydrogens is 183 g/mol. The fourth-order valence-corrected chi connectivity index (χ4v) is 1.86. The maximum Gasteiger partial charge on any atom is 0.414 e. The normalized spacial score (nSPS) is 22.7. The van der Waals surface area contributed by atoms with Crippen LogP contribution in [0.25, 0.3) is 0 Å². The summed E-state index contributed by atoms with van der Waals surface area (Å²) < 4.78 is 36.6. The van der Waals surface area contributed by atoms with Crippen LogP contribution >= 0.6 is 0 Å². The molecular formula is C8H12F3NO. The van der Waals surface area contributed by atoms with Crippen LogP contribution in [0.3, 0.4) is 0 Å². The molecule has 13 heavy (non-hydrogen) atoms. The maximum atomic E-state index is 12.2. The molecule has 0 saturated heterocycles. The Morgan fingerprint density at radius 1 is 1.15 bits per heavy atom. The molecule has 1 aliphatic carbocycles. The second-order valence-corrected chi connectivity index (χ2v) is 3.49. The highest BCUT2D eigenvalue weighted by atomic mass is 19.4. The molecule has 0 spiro atoms. The fourth-order valence-electron chi connectivity index (χ4n) is 1.86. The number of hydrogen-bond donors (Lipinski definition) is 0. The summed E-state index contributed by atoms with van der Waals surface area (Å²) in [5.74, 6) is -0.578. The lowest BCUT2D eigenvalue weighted by atomic mass is 9.84. The van der Waals surface area contributed by atoms with Crippen LogP contribution < -0.4 is 0 Å². The van der Waals surface area contributed by atoms with Crippen molar-refractivity contribution in [3.63, 3.8) is 0 Å². The van der Waals surface area contributed by atoms with E-state index in [2.05, 4.69) is 5.18 Å². The third-order valence-electron chi connectivity index (χ3n) is 2.55. The molecule has 76 valence electrons. The topological polar surface area (TPSA) is 29.4 Å². The summed E-state index contributed by atoms with van der Waals surface area (Å²) in [6, 6.07) is -1.98. The zero-order chi connectivity index (χ0) is 9.90. The lowest BCUT2D eigenvalue weighted by Gasteiger charge is -2.26. The lowest BCUT2D eigenvalue weighted by molar-refractivity contribution is -0.160. The first kappa shape index (κ1) is 10.5. The van der Waals surface area contributed by atoms with E-state index in [1.165, 1.54) is 0 Å². The van der Waals surface area contributed by atoms with E-state index in [4.69, 9.17) is 0 Å². The second-order valence-electron chi connectivity index (χ2n) is 3.49. The first-order valence-corrected chi connectivity index (χ1v) is 4.45. The van der Waals surface area contributed by atoms with Crippen molar-refractivity contribution < 1.29 is 13.2 Å². The molecule has 5 heteroatoms. The van der Waals surface area contributed by atoms with Crippen LogP contribution in [-0.4, -0.2) is 12.2 Å². The van der Waals surface area contributed by atoms with Crippen molar-refractivity contribution in [3.05, 3.63) is 4.91 Å². The minimum atomic E-state index is -4.45. The van der Waals surface area contributed by atoms with Gasteiger partial charge in [-0.15, -0.1) is 0 Å². The third kappa shape index (κ3) is 2.67. The number of hydrogen-bond acceptors (Lipinski definition) is 2. The van der Waals surface area contributed by atoms with Crippen LogP contribution in [0, 0.1) is 10.8 Å². The molecule has 0 aliphatic heterocycles. The Bertz CT molecular complexity index is 175. The molecule has 0 bridgehead atoms. The molecule has 0 heterocycles. The fraction of sp³-hybridized carbons (Fsp3) is 1.00. The van der Waals surface area contributed by atoms with Crippen LogP contribution in [0.4, 0.5) is 13.2 Å². The highest BCUT2D eigenvalue weighted by Crippen LogP contribution is 2.36. The minimum absolute atomic E-state index is 0.482. The van der Waals surface area contributed by atoms with Gasteiger partial charge in [0, 0.05) is 0 Å². The van der Waals surface area contributed by atoms with E-state index in [1.54, 1.807) is 0 Å². The van der Waals surface area contributed by atoms with Crippen molar-refractivity contribution in [2.75, 3.05) is 0 Å². The van der Waals surface area contributed by atoms with Crippen LogP contribution in [0.2, 0.25) is 0 Å². The predicted octanol–water partition coefficient (Wildman–Crippen LogP) is 3.26. The number of nitroso groups, excluding NO2 is 1. The standard InChI is InChI=1S/C8H12F3NO/c9-8(10,11)7(12-13)6-4-2-1-3-5-6/h6-7H,1-5H2. The minimum Gasteiger partial charge on any atom is -0.168 e. The monoisotopic (exact) mass is 195 g/mol. The van der Waals surface area contributed by atoms with E-state index in [0.29, 0.717) is 12.8 Å². The Kier molecular flexibility index (Phi) is 3.27. The van der Waals surface area contributed by atoms with Gasteiger partial charge in [0.05, 0.1) is 0 Å². The van der Waals surface area contributed by atoms with Gasteiger partial charge in [0.2, 0.25) is 0 Å². The largest absolute Gasteiger partial charge is 0.414 e. The van der Waals surface area contributed by atoms with Gasteiger partial charge in [-0.1, -0.05) is 24.4 Å². The first-order valence-electron chi connectivity index (χ1n) is 4.45. The average molecular weight is 195 g/mol. The molecule has 1 unspecified atom stereocenters. The van der Waals surface area contributed by atoms with Crippen molar-refractivity contribution in [1.29, 1.82) is 0 Å². The molecule has 0 aromatic rings. The first-order chi connectivity index (χ1) is 6.05. The zero-order valence-electron chi connectivity index (χ0n) is 7.18. The summed E-state index contributed by atoms with van der Waals surface area (Å²) in [6.45, 7) is 0. The predicted molar refractivity (Wildman–Crippen MR) is 42.2 cm³/mol. The van der Waals surface area contributed by atoms with E-state index in [1.807, 2.05) is 0 Å². The average Bonchev–Trinajstić information content (AvgIpc) is 2.05. The number of rotatable bonds is 2. The van der Waals surface area contributed by atoms with Gasteiger partial charge in [-0.05, 0) is 18.8 Å². The summed E-state index contributed by atoms with van der Waals surface area (Å²) in [5, 5.41) is 2.21. The second kappa shape index (κ2) is 4.07. The Balaban J connectivity index is 2.59. The summed E-state index contributed by atoms with van der Waals surface area (Å²) >= 11 is 0. The van der Waals surface area contributed by atoms with Gasteiger partial charge in [-0.25, -0.2) is 0 Å². The number of alkyl halides is 3. The van der Waals surface area contributed by atoms with Gasteiger partial charge < -0.3 is 0 Å². The van der Waals surface area contributed by atoms with Crippen molar-refractivity contribution >= 4 is 0 Å². The smallest absolute Gasteiger partial charge is 0.168 e. The highest BCUT2D eigenvalue weighted by Gasteiger charge is 2.46. The van der Waals surface area contributed by atoms with Crippen molar-refractivity contribution in [2.24, 2.45) is 11.1 Å². The lowest BCUT2D eigenvalue weighted by Crippen LogP contribution is -2.35. The SMILES string of the molecule is O=NC(C1CCCCC1)C(F)(F)F. The summed E-state index contributed by atoms with van der Waals surface area (Å²) in [7, 11) is 0. The molecule has 1 rings (SSSR count). The molecule has 0 aromatic heterocycles. The van der Waals surface area contributed by atoms with E-state index in [9.17, 15) is 18.1 Å². The van der Waals surface area contributed by atoms with Gasteiger partial charge in [-0.2, -0.15) is 18.1 Å². The molecule has 1 fully saturated rings. The van der Waals surface area contributed by atoms with Crippen molar-refractivity contribution in [2.45, 2.75) is 44.3 Å². The maximum absolute atomic E-state index is 12.2. The summed E-state index contributed by atoms with van der Waals surface area (Å²) in [5.41, 5.74) is 0. The van der Waals surface area contributed by atoms with Gasteiger partial charge in [-0.3, -0.25) is 0 Å². The van der Waals surface area contributed by atoms with Gasteiger partial charge >= 0.3 is 6.18 Å². The van der Waals surface area contributed by atoms with Crippen LogP contribution in [-0.2, 0) is 0 Å². The molecule has 1 saturated carbocycles. The van der Waals surface area contributed by atoms with E-state index >= 15 is 0 Å². The summed E-state index contributed by atoms with van der Waals surface area (Å²) in [4.78, 5) is 10.1. The molecule has 0 aromatic carbocycles. The third-order valence-corrected chi connectivity index (χ3v) is 2.55. The number of halogens is 3. The number of nitrogens with zero attached hydrogens (tertiary/aromatic N) is 1. The summed E-state index contributed by atoms with van der Waals surface area (Å²) in [6.07, 6.45) is -0.949. The van der Waals surface area contributed by atoms with Crippen LogP contribution in [0.1, 0.15) is 32.1 Å². The molecule has 0 radical (unpaired) electrons. The van der Waals surface area contributed by atoms with Crippen LogP contribution in [0.5, 0.6) is 0 Å². The highest BCUT2D eigenvalue weighted by molar-refractivity contribution is 4.84. The Morgan fingerprint density at radius 2 is 1.69 bits per heavy atom. The van der Waals surface area contributed by atoms with Gasteiger partial charge in [0.1, 0.15) is 0 Å². The Labute approximate surface area is 74.5 Å². The Morgan fingerprint density at radius 3 is 2.08 bits per heavy atom. The zero-order valence-corrected chi connectivity index (χ0v) is 7.18. The quantitative estimate of drug-likeness (QED) is 0.622. The molecule has 0 amide bonds.